The highest BCUT2D eigenvalue weighted by Crippen LogP contribution is 2.64. The largest absolute Gasteiger partial charge is 0.299 e. The van der Waals surface area contributed by atoms with Gasteiger partial charge in [0, 0.05) is 19.3 Å². The van der Waals surface area contributed by atoms with Crippen LogP contribution in [0.3, 0.4) is 0 Å². The van der Waals surface area contributed by atoms with E-state index < -0.39 is 14.5 Å². The number of rotatable bonds is 16. The molecule has 3 heteroatoms. The molecule has 8 rings (SSSR count). The molecule has 0 aliphatic heterocycles. The van der Waals surface area contributed by atoms with E-state index in [2.05, 4.69) is 249 Å². The van der Waals surface area contributed by atoms with Gasteiger partial charge in [-0.3, -0.25) is 4.79 Å². The van der Waals surface area contributed by atoms with Crippen molar-refractivity contribution < 1.29 is 4.79 Å². The third-order valence-corrected chi connectivity index (χ3v) is 20.9. The van der Waals surface area contributed by atoms with Gasteiger partial charge >= 0.3 is 0 Å². The second-order valence-electron chi connectivity index (χ2n) is 15.6. The van der Waals surface area contributed by atoms with E-state index in [0.717, 1.165) is 35.4 Å². The summed E-state index contributed by atoms with van der Waals surface area (Å²) in [7, 11) is -4.40. The monoisotopic (exact) mass is 814 g/mol. The van der Waals surface area contributed by atoms with Crippen LogP contribution in [0.15, 0.2) is 248 Å². The molecular weight excluding hydrogens is 763 g/mol. The number of ketones is 1. The summed E-state index contributed by atoms with van der Waals surface area (Å²) >= 11 is 0. The fraction of sp³-hybridized carbons (Fsp3) is 0.105. The van der Waals surface area contributed by atoms with Crippen molar-refractivity contribution >= 4 is 59.0 Å². The molecule has 0 spiro atoms. The van der Waals surface area contributed by atoms with Gasteiger partial charge in [0.15, 0.2) is 0 Å². The highest BCUT2D eigenvalue weighted by Gasteiger charge is 2.50. The van der Waals surface area contributed by atoms with Crippen LogP contribution in [0.25, 0.3) is 12.2 Å². The predicted octanol–water partition coefficient (Wildman–Crippen LogP) is 12.1. The van der Waals surface area contributed by atoms with Crippen molar-refractivity contribution in [3.63, 3.8) is 0 Å². The SMILES string of the molecule is O=C(C/C(=C/c1ccccc1)C[P+](c1ccccc1)(c1ccccc1)C1C=CC=CC1)C/C(=C\c1ccccc1)C[P+](c1ccccc1)(c1ccccc1)c1ccccc1. The molecule has 0 radical (unpaired) electrons. The minimum Gasteiger partial charge on any atom is -0.299 e. The maximum absolute atomic E-state index is 15.2. The van der Waals surface area contributed by atoms with Gasteiger partial charge in [0.1, 0.15) is 45.2 Å². The van der Waals surface area contributed by atoms with Crippen molar-refractivity contribution in [1.82, 2.24) is 0 Å². The number of carbonyl (C=O) groups excluding carboxylic acids is 1. The first-order chi connectivity index (χ1) is 29.6. The predicted molar refractivity (Wildman–Crippen MR) is 264 cm³/mol. The summed E-state index contributed by atoms with van der Waals surface area (Å²) in [4.78, 5) is 15.2. The Morgan fingerprint density at radius 1 is 0.433 bits per heavy atom. The minimum absolute atomic E-state index is 0.241. The van der Waals surface area contributed by atoms with Crippen LogP contribution in [0.2, 0.25) is 0 Å². The quantitative estimate of drug-likeness (QED) is 0.0888. The highest BCUT2D eigenvalue weighted by atomic mass is 31.2. The Morgan fingerprint density at radius 2 is 0.783 bits per heavy atom. The lowest BCUT2D eigenvalue weighted by Crippen LogP contribution is -2.34. The van der Waals surface area contributed by atoms with Crippen LogP contribution >= 0.6 is 14.5 Å². The van der Waals surface area contributed by atoms with Gasteiger partial charge in [0.2, 0.25) is 0 Å². The molecule has 1 aliphatic rings. The summed E-state index contributed by atoms with van der Waals surface area (Å²) < 4.78 is 0. The Labute approximate surface area is 358 Å². The average molecular weight is 815 g/mol. The molecule has 0 saturated carbocycles. The number of benzene rings is 7. The Bertz CT molecular complexity index is 2410. The van der Waals surface area contributed by atoms with E-state index in [1.165, 1.54) is 32.1 Å². The molecule has 1 aliphatic carbocycles. The number of hydrogen-bond acceptors (Lipinski definition) is 1. The maximum Gasteiger partial charge on any atom is 0.141 e. The zero-order valence-electron chi connectivity index (χ0n) is 34.1. The lowest BCUT2D eigenvalue weighted by Gasteiger charge is -2.34. The summed E-state index contributed by atoms with van der Waals surface area (Å²) in [5.41, 5.74) is 4.89. The van der Waals surface area contributed by atoms with Gasteiger partial charge in [-0.25, -0.2) is 0 Å². The zero-order chi connectivity index (χ0) is 40.9. The van der Waals surface area contributed by atoms with E-state index in [-0.39, 0.29) is 5.78 Å². The Hall–Kier alpha value is -5.97. The van der Waals surface area contributed by atoms with E-state index in [1.807, 2.05) is 0 Å². The van der Waals surface area contributed by atoms with Crippen LogP contribution < -0.4 is 26.5 Å². The minimum atomic E-state index is -2.27. The van der Waals surface area contributed by atoms with E-state index >= 15 is 4.79 Å². The normalized spacial score (nSPS) is 14.5. The van der Waals surface area contributed by atoms with Crippen LogP contribution in [0, 0.1) is 0 Å². The molecule has 0 fully saturated rings. The molecule has 0 amide bonds. The molecule has 1 unspecified atom stereocenters. The summed E-state index contributed by atoms with van der Waals surface area (Å²) in [5.74, 6) is 0.241. The fourth-order valence-electron chi connectivity index (χ4n) is 8.95. The molecule has 0 bridgehead atoms. The van der Waals surface area contributed by atoms with Crippen LogP contribution in [-0.4, -0.2) is 23.8 Å². The van der Waals surface area contributed by atoms with Gasteiger partial charge in [-0.15, -0.1) is 0 Å². The second-order valence-corrected chi connectivity index (χ2v) is 22.8. The first-order valence-corrected chi connectivity index (χ1v) is 25.0. The Morgan fingerprint density at radius 3 is 1.15 bits per heavy atom. The van der Waals surface area contributed by atoms with E-state index in [0.29, 0.717) is 18.5 Å². The Balaban J connectivity index is 1.23. The molecule has 7 aromatic rings. The number of Topliss-reactive ketones (excluding diaryl/α,β-unsaturated/α-hetero) is 1. The van der Waals surface area contributed by atoms with E-state index in [9.17, 15) is 0 Å². The number of allylic oxidation sites excluding steroid dienone is 6. The van der Waals surface area contributed by atoms with Crippen LogP contribution in [0.1, 0.15) is 30.4 Å². The molecule has 60 heavy (non-hydrogen) atoms. The first kappa shape index (κ1) is 40.8. The summed E-state index contributed by atoms with van der Waals surface area (Å²) in [6.45, 7) is 0. The lowest BCUT2D eigenvalue weighted by molar-refractivity contribution is -0.117. The molecule has 1 atom stereocenters. The molecule has 1 nitrogen and oxygen atoms in total. The van der Waals surface area contributed by atoms with Gasteiger partial charge in [-0.1, -0.05) is 182 Å². The molecule has 0 aromatic heterocycles. The van der Waals surface area contributed by atoms with Gasteiger partial charge < -0.3 is 0 Å². The Kier molecular flexibility index (Phi) is 13.5. The van der Waals surface area contributed by atoms with Crippen molar-refractivity contribution in [3.8, 4) is 0 Å². The van der Waals surface area contributed by atoms with Crippen molar-refractivity contribution in [2.75, 3.05) is 12.3 Å². The van der Waals surface area contributed by atoms with Gasteiger partial charge in [-0.2, -0.15) is 0 Å². The van der Waals surface area contributed by atoms with Gasteiger partial charge in [0.05, 0.1) is 19.6 Å². The smallest absolute Gasteiger partial charge is 0.141 e. The summed E-state index contributed by atoms with van der Waals surface area (Å²) in [6.07, 6.45) is 17.0. The zero-order valence-corrected chi connectivity index (χ0v) is 35.9. The van der Waals surface area contributed by atoms with Crippen LogP contribution in [-0.2, 0) is 4.79 Å². The van der Waals surface area contributed by atoms with Gasteiger partial charge in [-0.05, 0) is 89.0 Å². The fourth-order valence-corrected chi connectivity index (χ4v) is 18.0. The molecule has 294 valence electrons. The van der Waals surface area contributed by atoms with Crippen LogP contribution in [0.4, 0.5) is 0 Å². The van der Waals surface area contributed by atoms with Gasteiger partial charge in [0.25, 0.3) is 0 Å². The number of hydrogen-bond donors (Lipinski definition) is 0. The number of carbonyl (C=O) groups is 1. The average Bonchev–Trinajstić information content (AvgIpc) is 3.32. The maximum atomic E-state index is 15.2. The van der Waals surface area contributed by atoms with Crippen LogP contribution in [0.5, 0.6) is 0 Å². The molecule has 0 N–H and O–H groups in total. The summed E-state index contributed by atoms with van der Waals surface area (Å²) in [6, 6.07) is 76.5. The molecule has 0 heterocycles. The highest BCUT2D eigenvalue weighted by molar-refractivity contribution is 7.95. The van der Waals surface area contributed by atoms with Crippen molar-refractivity contribution in [3.05, 3.63) is 259 Å². The first-order valence-electron chi connectivity index (χ1n) is 21.0. The summed E-state index contributed by atoms with van der Waals surface area (Å²) in [5, 5.41) is 6.69. The standard InChI is InChI=1S/C57H52OP2/c58-51(43-49(41-47-25-9-1-10-26-47)45-59(52-29-13-3-14-30-52,53-31-15-4-16-32-53)54-33-17-5-18-34-54)44-50(42-48-27-11-2-12-28-48)46-60(55-35-19-6-20-36-55,56-37-21-7-22-38-56)57-39-23-8-24-40-57/h1-39,41-42,57H,40,43-46H2/q+2/b49-41+,50-42-. The third-order valence-electron chi connectivity index (χ3n) is 11.6. The van der Waals surface area contributed by atoms with E-state index in [1.54, 1.807) is 0 Å². The van der Waals surface area contributed by atoms with Crippen molar-refractivity contribution in [1.29, 1.82) is 0 Å². The van der Waals surface area contributed by atoms with Crippen molar-refractivity contribution in [2.45, 2.75) is 24.9 Å². The molecule has 7 aromatic carbocycles. The van der Waals surface area contributed by atoms with E-state index in [4.69, 9.17) is 0 Å². The van der Waals surface area contributed by atoms with Crippen molar-refractivity contribution in [2.24, 2.45) is 0 Å². The second kappa shape index (κ2) is 19.9. The topological polar surface area (TPSA) is 17.1 Å². The lowest BCUT2D eigenvalue weighted by atomic mass is 10.0. The third kappa shape index (κ3) is 9.40. The molecular formula is C57H52OP2+2. The molecule has 0 saturated heterocycles.